The second kappa shape index (κ2) is 4.39. The average Bonchev–Trinajstić information content (AvgIpc) is 2.60. The Labute approximate surface area is 95.6 Å². The molecule has 1 amide bonds. The van der Waals surface area contributed by atoms with Crippen molar-refractivity contribution in [3.8, 4) is 0 Å². The van der Waals surface area contributed by atoms with Crippen molar-refractivity contribution in [3.05, 3.63) is 42.5 Å². The van der Waals surface area contributed by atoms with Gasteiger partial charge < -0.3 is 10.6 Å². The minimum Gasteiger partial charge on any atom is -0.399 e. The molecule has 1 aromatic carbocycles. The SMILES string of the molecule is C=CC1CC(=O)N(Cc2cccc(N)c2)C1. The Bertz CT molecular complexity index is 414. The number of nitrogen functional groups attached to an aromatic ring is 1. The van der Waals surface area contributed by atoms with E-state index in [1.807, 2.05) is 35.2 Å². The summed E-state index contributed by atoms with van der Waals surface area (Å²) in [5.74, 6) is 0.501. The Hall–Kier alpha value is -1.77. The van der Waals surface area contributed by atoms with Gasteiger partial charge >= 0.3 is 0 Å². The zero-order chi connectivity index (χ0) is 11.5. The minimum absolute atomic E-state index is 0.201. The van der Waals surface area contributed by atoms with Crippen molar-refractivity contribution in [1.82, 2.24) is 4.90 Å². The maximum Gasteiger partial charge on any atom is 0.223 e. The topological polar surface area (TPSA) is 46.3 Å². The fourth-order valence-electron chi connectivity index (χ4n) is 2.03. The van der Waals surface area contributed by atoms with Crippen LogP contribution in [0.2, 0.25) is 0 Å². The highest BCUT2D eigenvalue weighted by molar-refractivity contribution is 5.79. The first-order valence-electron chi connectivity index (χ1n) is 5.44. The largest absolute Gasteiger partial charge is 0.399 e. The van der Waals surface area contributed by atoms with Crippen LogP contribution in [0.1, 0.15) is 12.0 Å². The molecule has 0 saturated carbocycles. The molecule has 0 aromatic heterocycles. The number of anilines is 1. The van der Waals surface area contributed by atoms with E-state index in [0.717, 1.165) is 17.8 Å². The third-order valence-corrected chi connectivity index (χ3v) is 2.90. The first kappa shape index (κ1) is 10.7. The molecule has 0 radical (unpaired) electrons. The lowest BCUT2D eigenvalue weighted by Crippen LogP contribution is -2.24. The van der Waals surface area contributed by atoms with Gasteiger partial charge in [-0.05, 0) is 17.7 Å². The molecule has 1 unspecified atom stereocenters. The van der Waals surface area contributed by atoms with E-state index in [4.69, 9.17) is 5.73 Å². The van der Waals surface area contributed by atoms with E-state index >= 15 is 0 Å². The monoisotopic (exact) mass is 216 g/mol. The summed E-state index contributed by atoms with van der Waals surface area (Å²) in [6.07, 6.45) is 2.45. The molecule has 1 saturated heterocycles. The second-order valence-electron chi connectivity index (χ2n) is 4.22. The van der Waals surface area contributed by atoms with E-state index in [9.17, 15) is 4.79 Å². The molecule has 1 aromatic rings. The van der Waals surface area contributed by atoms with Crippen LogP contribution in [0, 0.1) is 5.92 Å². The smallest absolute Gasteiger partial charge is 0.223 e. The van der Waals surface area contributed by atoms with Gasteiger partial charge in [0, 0.05) is 31.1 Å². The zero-order valence-corrected chi connectivity index (χ0v) is 9.23. The summed E-state index contributed by atoms with van der Waals surface area (Å²) in [5.41, 5.74) is 7.52. The van der Waals surface area contributed by atoms with Crippen molar-refractivity contribution in [2.45, 2.75) is 13.0 Å². The van der Waals surface area contributed by atoms with Gasteiger partial charge in [0.05, 0.1) is 0 Å². The third-order valence-electron chi connectivity index (χ3n) is 2.90. The summed E-state index contributed by atoms with van der Waals surface area (Å²) in [6, 6.07) is 7.66. The number of carbonyl (C=O) groups excluding carboxylic acids is 1. The van der Waals surface area contributed by atoms with Gasteiger partial charge in [0.25, 0.3) is 0 Å². The average molecular weight is 216 g/mol. The Morgan fingerprint density at radius 1 is 1.56 bits per heavy atom. The molecule has 1 heterocycles. The van der Waals surface area contributed by atoms with Gasteiger partial charge in [0.1, 0.15) is 0 Å². The molecule has 1 atom stereocenters. The maximum atomic E-state index is 11.7. The Balaban J connectivity index is 2.05. The summed E-state index contributed by atoms with van der Waals surface area (Å²) in [5, 5.41) is 0. The van der Waals surface area contributed by atoms with E-state index < -0.39 is 0 Å². The summed E-state index contributed by atoms with van der Waals surface area (Å²) in [4.78, 5) is 13.5. The van der Waals surface area contributed by atoms with E-state index in [0.29, 0.717) is 18.9 Å². The molecule has 0 bridgehead atoms. The van der Waals surface area contributed by atoms with Crippen LogP contribution >= 0.6 is 0 Å². The maximum absolute atomic E-state index is 11.7. The number of benzene rings is 1. The molecule has 1 aliphatic rings. The number of rotatable bonds is 3. The molecule has 84 valence electrons. The van der Waals surface area contributed by atoms with Crippen molar-refractivity contribution in [1.29, 1.82) is 0 Å². The van der Waals surface area contributed by atoms with Crippen LogP contribution in [0.25, 0.3) is 0 Å². The van der Waals surface area contributed by atoms with Gasteiger partial charge in [0.15, 0.2) is 0 Å². The van der Waals surface area contributed by atoms with Crippen molar-refractivity contribution in [2.75, 3.05) is 12.3 Å². The summed E-state index contributed by atoms with van der Waals surface area (Å²) >= 11 is 0. The lowest BCUT2D eigenvalue weighted by Gasteiger charge is -2.16. The van der Waals surface area contributed by atoms with Crippen molar-refractivity contribution >= 4 is 11.6 Å². The van der Waals surface area contributed by atoms with Crippen LogP contribution in [0.3, 0.4) is 0 Å². The fraction of sp³-hybridized carbons (Fsp3) is 0.308. The van der Waals surface area contributed by atoms with Crippen molar-refractivity contribution in [3.63, 3.8) is 0 Å². The van der Waals surface area contributed by atoms with Crippen molar-refractivity contribution in [2.24, 2.45) is 5.92 Å². The van der Waals surface area contributed by atoms with Crippen LogP contribution in [0.4, 0.5) is 5.69 Å². The minimum atomic E-state index is 0.201. The quantitative estimate of drug-likeness (QED) is 0.618. The Morgan fingerprint density at radius 2 is 2.38 bits per heavy atom. The Kier molecular flexibility index (Phi) is 2.95. The number of likely N-dealkylation sites (tertiary alicyclic amines) is 1. The lowest BCUT2D eigenvalue weighted by molar-refractivity contribution is -0.128. The highest BCUT2D eigenvalue weighted by Crippen LogP contribution is 2.21. The standard InChI is InChI=1S/C13H16N2O/c1-2-10-7-13(16)15(8-10)9-11-4-3-5-12(14)6-11/h2-6,10H,1,7-9,14H2. The number of hydrogen-bond donors (Lipinski definition) is 1. The predicted molar refractivity (Wildman–Crippen MR) is 64.6 cm³/mol. The molecule has 16 heavy (non-hydrogen) atoms. The van der Waals surface area contributed by atoms with Gasteiger partial charge in [-0.2, -0.15) is 0 Å². The summed E-state index contributed by atoms with van der Waals surface area (Å²) in [6.45, 7) is 5.16. The molecule has 0 spiro atoms. The molecule has 2 rings (SSSR count). The molecule has 3 nitrogen and oxygen atoms in total. The van der Waals surface area contributed by atoms with Gasteiger partial charge in [0.2, 0.25) is 5.91 Å². The van der Waals surface area contributed by atoms with E-state index in [1.54, 1.807) is 0 Å². The predicted octanol–water partition coefficient (Wildman–Crippen LogP) is 1.80. The molecule has 2 N–H and O–H groups in total. The number of nitrogens with zero attached hydrogens (tertiary/aromatic N) is 1. The first-order chi connectivity index (χ1) is 7.69. The van der Waals surface area contributed by atoms with Crippen LogP contribution < -0.4 is 5.73 Å². The highest BCUT2D eigenvalue weighted by Gasteiger charge is 2.27. The van der Waals surface area contributed by atoms with Gasteiger partial charge in [-0.25, -0.2) is 0 Å². The van der Waals surface area contributed by atoms with Gasteiger partial charge in [-0.1, -0.05) is 18.2 Å². The molecule has 3 heteroatoms. The lowest BCUT2D eigenvalue weighted by atomic mass is 10.1. The van der Waals surface area contributed by atoms with Gasteiger partial charge in [-0.15, -0.1) is 6.58 Å². The summed E-state index contributed by atoms with van der Waals surface area (Å²) in [7, 11) is 0. The van der Waals surface area contributed by atoms with Crippen molar-refractivity contribution < 1.29 is 4.79 Å². The molecule has 1 aliphatic heterocycles. The zero-order valence-electron chi connectivity index (χ0n) is 9.23. The molecule has 1 fully saturated rings. The molecular formula is C13H16N2O. The Morgan fingerprint density at radius 3 is 3.00 bits per heavy atom. The van der Waals surface area contributed by atoms with E-state index in [2.05, 4.69) is 6.58 Å². The highest BCUT2D eigenvalue weighted by atomic mass is 16.2. The van der Waals surface area contributed by atoms with Crippen LogP contribution in [0.5, 0.6) is 0 Å². The number of amides is 1. The molecular weight excluding hydrogens is 200 g/mol. The van der Waals surface area contributed by atoms with Crippen LogP contribution in [0.15, 0.2) is 36.9 Å². The molecule has 0 aliphatic carbocycles. The third kappa shape index (κ3) is 2.24. The number of carbonyl (C=O) groups is 1. The van der Waals surface area contributed by atoms with Crippen LogP contribution in [-0.4, -0.2) is 17.4 Å². The van der Waals surface area contributed by atoms with Gasteiger partial charge in [-0.3, -0.25) is 4.79 Å². The first-order valence-corrected chi connectivity index (χ1v) is 5.44. The normalized spacial score (nSPS) is 20.1. The van der Waals surface area contributed by atoms with Crippen LogP contribution in [-0.2, 0) is 11.3 Å². The van der Waals surface area contributed by atoms with E-state index in [-0.39, 0.29) is 5.91 Å². The second-order valence-corrected chi connectivity index (χ2v) is 4.22. The van der Waals surface area contributed by atoms with E-state index in [1.165, 1.54) is 0 Å². The summed E-state index contributed by atoms with van der Waals surface area (Å²) < 4.78 is 0. The fourth-order valence-corrected chi connectivity index (χ4v) is 2.03. The number of hydrogen-bond acceptors (Lipinski definition) is 2. The number of nitrogens with two attached hydrogens (primary N) is 1.